The number of hydrogen-bond donors (Lipinski definition) is 1. The van der Waals surface area contributed by atoms with E-state index in [1.54, 1.807) is 18.9 Å². The van der Waals surface area contributed by atoms with Gasteiger partial charge in [0.15, 0.2) is 6.61 Å². The van der Waals surface area contributed by atoms with Gasteiger partial charge in [-0.3, -0.25) is 9.59 Å². The molecule has 5 nitrogen and oxygen atoms in total. The van der Waals surface area contributed by atoms with Crippen molar-refractivity contribution in [1.82, 2.24) is 10.2 Å². The van der Waals surface area contributed by atoms with E-state index in [-0.39, 0.29) is 18.4 Å². The highest BCUT2D eigenvalue weighted by molar-refractivity contribution is 5.87. The Morgan fingerprint density at radius 1 is 1.04 bits per heavy atom. The Morgan fingerprint density at radius 2 is 1.70 bits per heavy atom. The van der Waals surface area contributed by atoms with Gasteiger partial charge in [-0.1, -0.05) is 36.4 Å². The summed E-state index contributed by atoms with van der Waals surface area (Å²) in [6, 6.07) is 13.0. The molecule has 1 atom stereocenters. The lowest BCUT2D eigenvalue weighted by Gasteiger charge is -2.29. The number of carbonyl (C=O) groups excluding carboxylic acids is 2. The summed E-state index contributed by atoms with van der Waals surface area (Å²) in [4.78, 5) is 26.6. The zero-order valence-corrected chi connectivity index (χ0v) is 16.7. The summed E-state index contributed by atoms with van der Waals surface area (Å²) in [6.07, 6.45) is 0. The number of ether oxygens (including phenoxy) is 1. The molecule has 0 saturated carbocycles. The summed E-state index contributed by atoms with van der Waals surface area (Å²) in [5.41, 5.74) is 4.20. The van der Waals surface area contributed by atoms with Gasteiger partial charge in [0, 0.05) is 13.6 Å². The number of carbonyl (C=O) groups is 2. The van der Waals surface area contributed by atoms with Crippen LogP contribution >= 0.6 is 0 Å². The Hall–Kier alpha value is -2.82. The van der Waals surface area contributed by atoms with E-state index in [4.69, 9.17) is 4.74 Å². The fraction of sp³-hybridized carbons (Fsp3) is 0.364. The predicted molar refractivity (Wildman–Crippen MR) is 107 cm³/mol. The van der Waals surface area contributed by atoms with Crippen molar-refractivity contribution in [3.8, 4) is 5.75 Å². The zero-order chi connectivity index (χ0) is 20.0. The summed E-state index contributed by atoms with van der Waals surface area (Å²) >= 11 is 0. The van der Waals surface area contributed by atoms with Crippen LogP contribution in [0.1, 0.15) is 29.2 Å². The van der Waals surface area contributed by atoms with Crippen molar-refractivity contribution >= 4 is 11.8 Å². The second kappa shape index (κ2) is 9.21. The summed E-state index contributed by atoms with van der Waals surface area (Å²) in [7, 11) is 1.57. The van der Waals surface area contributed by atoms with Crippen LogP contribution in [0.4, 0.5) is 0 Å². The van der Waals surface area contributed by atoms with Crippen molar-refractivity contribution in [3.05, 3.63) is 64.7 Å². The molecule has 0 spiro atoms. The van der Waals surface area contributed by atoms with E-state index in [1.807, 2.05) is 63.2 Å². The number of likely N-dealkylation sites (N-methyl/N-ethyl adjacent to an activating group) is 1. The largest absolute Gasteiger partial charge is 0.483 e. The molecule has 0 bridgehead atoms. The van der Waals surface area contributed by atoms with Gasteiger partial charge in [-0.2, -0.15) is 0 Å². The van der Waals surface area contributed by atoms with Crippen molar-refractivity contribution in [3.63, 3.8) is 0 Å². The lowest BCUT2D eigenvalue weighted by atomic mass is 10.1. The number of aryl methyl sites for hydroxylation is 2. The van der Waals surface area contributed by atoms with E-state index in [0.29, 0.717) is 12.3 Å². The Labute approximate surface area is 161 Å². The minimum Gasteiger partial charge on any atom is -0.483 e. The van der Waals surface area contributed by atoms with Crippen molar-refractivity contribution in [2.45, 2.75) is 40.3 Å². The van der Waals surface area contributed by atoms with Crippen LogP contribution in [0.5, 0.6) is 5.75 Å². The molecule has 0 heterocycles. The van der Waals surface area contributed by atoms with E-state index < -0.39 is 6.04 Å². The molecule has 0 radical (unpaired) electrons. The molecule has 1 N–H and O–H groups in total. The van der Waals surface area contributed by atoms with Crippen LogP contribution in [0.25, 0.3) is 0 Å². The smallest absolute Gasteiger partial charge is 0.261 e. The highest BCUT2D eigenvalue weighted by Gasteiger charge is 2.26. The fourth-order valence-electron chi connectivity index (χ4n) is 2.87. The van der Waals surface area contributed by atoms with Crippen molar-refractivity contribution in [2.24, 2.45) is 0 Å². The molecule has 0 aliphatic rings. The van der Waals surface area contributed by atoms with Crippen LogP contribution in [0.3, 0.4) is 0 Å². The van der Waals surface area contributed by atoms with Crippen LogP contribution in [0.2, 0.25) is 0 Å². The number of nitrogens with one attached hydrogen (secondary N) is 1. The molecule has 2 aromatic carbocycles. The minimum atomic E-state index is -0.593. The van der Waals surface area contributed by atoms with Crippen LogP contribution in [0.15, 0.2) is 42.5 Å². The molecule has 0 aliphatic heterocycles. The van der Waals surface area contributed by atoms with Crippen LogP contribution in [0, 0.1) is 20.8 Å². The Kier molecular flexibility index (Phi) is 6.99. The predicted octanol–water partition coefficient (Wildman–Crippen LogP) is 3.15. The molecule has 0 aromatic heterocycles. The zero-order valence-electron chi connectivity index (χ0n) is 16.7. The fourth-order valence-corrected chi connectivity index (χ4v) is 2.87. The van der Waals surface area contributed by atoms with Gasteiger partial charge in [-0.05, 0) is 56.0 Å². The highest BCUT2D eigenvalue weighted by atomic mass is 16.5. The minimum absolute atomic E-state index is 0.114. The van der Waals surface area contributed by atoms with Gasteiger partial charge in [-0.25, -0.2) is 0 Å². The topological polar surface area (TPSA) is 58.6 Å². The first-order valence-electron chi connectivity index (χ1n) is 9.09. The van der Waals surface area contributed by atoms with E-state index in [2.05, 4.69) is 5.32 Å². The Balaban J connectivity index is 2.19. The molecule has 27 heavy (non-hydrogen) atoms. The first kappa shape index (κ1) is 20.5. The molecule has 0 saturated heterocycles. The van der Waals surface area contributed by atoms with Crippen LogP contribution in [-0.2, 0) is 16.1 Å². The van der Waals surface area contributed by atoms with Crippen LogP contribution < -0.4 is 10.1 Å². The summed E-state index contributed by atoms with van der Waals surface area (Å²) in [5.74, 6) is 0.255. The van der Waals surface area contributed by atoms with Crippen molar-refractivity contribution in [2.75, 3.05) is 13.7 Å². The number of nitrogens with zero attached hydrogens (tertiary/aromatic N) is 1. The SMILES string of the molecule is CNC(=O)[C@H](C)N(Cc1ccccc1C)C(=O)COc1cccc(C)c1C. The molecule has 0 fully saturated rings. The molecule has 0 unspecified atom stereocenters. The summed E-state index contributed by atoms with van der Waals surface area (Å²) < 4.78 is 5.77. The van der Waals surface area contributed by atoms with Crippen molar-refractivity contribution in [1.29, 1.82) is 0 Å². The van der Waals surface area contributed by atoms with Gasteiger partial charge in [0.1, 0.15) is 11.8 Å². The highest BCUT2D eigenvalue weighted by Crippen LogP contribution is 2.21. The van der Waals surface area contributed by atoms with Gasteiger partial charge >= 0.3 is 0 Å². The first-order valence-corrected chi connectivity index (χ1v) is 9.09. The molecule has 2 rings (SSSR count). The monoisotopic (exact) mass is 368 g/mol. The molecule has 0 aliphatic carbocycles. The molecule has 2 aromatic rings. The quantitative estimate of drug-likeness (QED) is 0.817. The third-order valence-corrected chi connectivity index (χ3v) is 4.92. The molecular formula is C22H28N2O3. The Morgan fingerprint density at radius 3 is 2.37 bits per heavy atom. The van der Waals surface area contributed by atoms with Crippen LogP contribution in [-0.4, -0.2) is 36.4 Å². The number of benzene rings is 2. The van der Waals surface area contributed by atoms with E-state index in [9.17, 15) is 9.59 Å². The van der Waals surface area contributed by atoms with E-state index >= 15 is 0 Å². The van der Waals surface area contributed by atoms with Gasteiger partial charge in [0.2, 0.25) is 5.91 Å². The second-order valence-corrected chi connectivity index (χ2v) is 6.73. The van der Waals surface area contributed by atoms with E-state index in [1.165, 1.54) is 0 Å². The molecule has 2 amide bonds. The standard InChI is InChI=1S/C22H28N2O3/c1-15-10-8-12-20(17(15)3)27-14-21(25)24(18(4)22(26)23-5)13-19-11-7-6-9-16(19)2/h6-12,18H,13-14H2,1-5H3,(H,23,26)/t18-/m0/s1. The third kappa shape index (κ3) is 5.09. The average molecular weight is 368 g/mol. The lowest BCUT2D eigenvalue weighted by Crippen LogP contribution is -2.48. The number of amides is 2. The Bertz CT molecular complexity index is 817. The van der Waals surface area contributed by atoms with E-state index in [0.717, 1.165) is 22.3 Å². The molecule has 5 heteroatoms. The average Bonchev–Trinajstić information content (AvgIpc) is 2.67. The van der Waals surface area contributed by atoms with Gasteiger partial charge in [0.05, 0.1) is 0 Å². The van der Waals surface area contributed by atoms with Gasteiger partial charge in [0.25, 0.3) is 5.91 Å². The second-order valence-electron chi connectivity index (χ2n) is 6.73. The number of hydrogen-bond acceptors (Lipinski definition) is 3. The summed E-state index contributed by atoms with van der Waals surface area (Å²) in [5, 5.41) is 2.62. The number of rotatable bonds is 7. The maximum absolute atomic E-state index is 12.9. The maximum atomic E-state index is 12.9. The van der Waals surface area contributed by atoms with Gasteiger partial charge < -0.3 is 15.0 Å². The normalized spacial score (nSPS) is 11.6. The lowest BCUT2D eigenvalue weighted by molar-refractivity contribution is -0.142. The van der Waals surface area contributed by atoms with Crippen molar-refractivity contribution < 1.29 is 14.3 Å². The van der Waals surface area contributed by atoms with Gasteiger partial charge in [-0.15, -0.1) is 0 Å². The molecular weight excluding hydrogens is 340 g/mol. The molecule has 144 valence electrons. The summed E-state index contributed by atoms with van der Waals surface area (Å²) in [6.45, 7) is 7.94. The first-order chi connectivity index (χ1) is 12.8. The third-order valence-electron chi connectivity index (χ3n) is 4.92. The maximum Gasteiger partial charge on any atom is 0.261 e.